The smallest absolute Gasteiger partial charge is 0.408 e. The molecule has 3 amide bonds. The van der Waals surface area contributed by atoms with Crippen molar-refractivity contribution in [1.29, 1.82) is 0 Å². The van der Waals surface area contributed by atoms with Gasteiger partial charge in [0.05, 0.1) is 5.52 Å². The molecular weight excluding hydrogens is 290 g/mol. The first-order chi connectivity index (χ1) is 10.5. The molecule has 0 aliphatic carbocycles. The van der Waals surface area contributed by atoms with Crippen molar-refractivity contribution < 1.29 is 18.8 Å². The van der Waals surface area contributed by atoms with Gasteiger partial charge in [-0.05, 0) is 18.2 Å². The molecular formula is C14H13N3O5. The molecule has 1 aromatic heterocycles. The Morgan fingerprint density at radius 2 is 1.95 bits per heavy atom. The number of rotatable bonds is 4. The SMILES string of the molecule is O=C(CCN1C(=O)CCC1=O)Nc1ccc2oc(=O)[nH]c2c1. The summed E-state index contributed by atoms with van der Waals surface area (Å²) in [4.78, 5) is 49.4. The van der Waals surface area contributed by atoms with Gasteiger partial charge in [0.2, 0.25) is 17.7 Å². The lowest BCUT2D eigenvalue weighted by Crippen LogP contribution is -2.32. The molecule has 0 spiro atoms. The Kier molecular flexibility index (Phi) is 3.50. The van der Waals surface area contributed by atoms with E-state index in [1.54, 1.807) is 18.2 Å². The van der Waals surface area contributed by atoms with Crippen molar-refractivity contribution in [3.63, 3.8) is 0 Å². The number of oxazole rings is 1. The van der Waals surface area contributed by atoms with E-state index in [4.69, 9.17) is 4.42 Å². The fourth-order valence-electron chi connectivity index (χ4n) is 2.34. The van der Waals surface area contributed by atoms with Crippen molar-refractivity contribution in [3.8, 4) is 0 Å². The van der Waals surface area contributed by atoms with Crippen LogP contribution in [0.3, 0.4) is 0 Å². The van der Waals surface area contributed by atoms with Gasteiger partial charge in [-0.15, -0.1) is 0 Å². The average molecular weight is 303 g/mol. The number of aromatic amines is 1. The molecule has 1 aliphatic heterocycles. The maximum absolute atomic E-state index is 11.9. The molecule has 8 heteroatoms. The number of nitrogens with one attached hydrogen (secondary N) is 2. The van der Waals surface area contributed by atoms with E-state index < -0.39 is 5.76 Å². The molecule has 1 aliphatic rings. The summed E-state index contributed by atoms with van der Waals surface area (Å²) >= 11 is 0. The summed E-state index contributed by atoms with van der Waals surface area (Å²) < 4.78 is 4.86. The summed E-state index contributed by atoms with van der Waals surface area (Å²) in [7, 11) is 0. The zero-order valence-electron chi connectivity index (χ0n) is 11.5. The zero-order valence-corrected chi connectivity index (χ0v) is 11.5. The van der Waals surface area contributed by atoms with Gasteiger partial charge in [0.15, 0.2) is 5.58 Å². The van der Waals surface area contributed by atoms with Crippen LogP contribution in [-0.2, 0) is 14.4 Å². The molecule has 1 fully saturated rings. The van der Waals surface area contributed by atoms with Crippen LogP contribution in [0.2, 0.25) is 0 Å². The van der Waals surface area contributed by atoms with Gasteiger partial charge in [-0.3, -0.25) is 24.3 Å². The van der Waals surface area contributed by atoms with Gasteiger partial charge in [-0.2, -0.15) is 0 Å². The quantitative estimate of drug-likeness (QED) is 0.803. The molecule has 2 N–H and O–H groups in total. The number of aromatic nitrogens is 1. The summed E-state index contributed by atoms with van der Waals surface area (Å²) in [6.45, 7) is 0.0777. The van der Waals surface area contributed by atoms with Gasteiger partial charge in [0, 0.05) is 31.5 Å². The molecule has 0 saturated carbocycles. The van der Waals surface area contributed by atoms with Crippen molar-refractivity contribution >= 4 is 34.5 Å². The molecule has 0 atom stereocenters. The first kappa shape index (κ1) is 14.1. The number of likely N-dealkylation sites (tertiary alicyclic amines) is 1. The minimum atomic E-state index is -0.565. The van der Waals surface area contributed by atoms with Crippen LogP contribution in [0.1, 0.15) is 19.3 Å². The number of carbonyl (C=O) groups excluding carboxylic acids is 3. The highest BCUT2D eigenvalue weighted by Crippen LogP contribution is 2.17. The third kappa shape index (κ3) is 2.76. The summed E-state index contributed by atoms with van der Waals surface area (Å²) in [5, 5.41) is 2.65. The molecule has 3 rings (SSSR count). The fourth-order valence-corrected chi connectivity index (χ4v) is 2.34. The van der Waals surface area contributed by atoms with Crippen LogP contribution in [0, 0.1) is 0 Å². The van der Waals surface area contributed by atoms with Crippen molar-refractivity contribution in [1.82, 2.24) is 9.88 Å². The largest absolute Gasteiger partial charge is 0.417 e. The lowest BCUT2D eigenvalue weighted by Gasteiger charge is -2.13. The summed E-state index contributed by atoms with van der Waals surface area (Å²) in [6, 6.07) is 4.74. The highest BCUT2D eigenvalue weighted by atomic mass is 16.4. The monoisotopic (exact) mass is 303 g/mol. The molecule has 1 saturated heterocycles. The molecule has 22 heavy (non-hydrogen) atoms. The van der Waals surface area contributed by atoms with Crippen LogP contribution in [0.5, 0.6) is 0 Å². The van der Waals surface area contributed by atoms with Gasteiger partial charge in [0.25, 0.3) is 0 Å². The van der Waals surface area contributed by atoms with Crippen LogP contribution in [0.25, 0.3) is 11.1 Å². The number of H-pyrrole nitrogens is 1. The summed E-state index contributed by atoms with van der Waals surface area (Å²) in [5.74, 6) is -1.37. The Bertz CT molecular complexity index is 803. The van der Waals surface area contributed by atoms with Crippen LogP contribution >= 0.6 is 0 Å². The lowest BCUT2D eigenvalue weighted by molar-refractivity contribution is -0.138. The number of hydrogen-bond acceptors (Lipinski definition) is 5. The number of carbonyl (C=O) groups is 3. The van der Waals surface area contributed by atoms with E-state index in [0.717, 1.165) is 4.90 Å². The number of nitrogens with zero attached hydrogens (tertiary/aromatic N) is 1. The standard InChI is InChI=1S/C14H13N3O5/c18-11(5-6-17-12(19)3-4-13(17)20)15-8-1-2-10-9(7-8)16-14(21)22-10/h1-2,7H,3-6H2,(H,15,18)(H,16,21). The van der Waals surface area contributed by atoms with Crippen molar-refractivity contribution in [2.75, 3.05) is 11.9 Å². The lowest BCUT2D eigenvalue weighted by atomic mass is 10.2. The minimum absolute atomic E-state index is 0.0252. The second-order valence-corrected chi connectivity index (χ2v) is 4.96. The van der Waals surface area contributed by atoms with Crippen LogP contribution < -0.4 is 11.1 Å². The van der Waals surface area contributed by atoms with Gasteiger partial charge in [0.1, 0.15) is 0 Å². The third-order valence-electron chi connectivity index (χ3n) is 3.42. The van der Waals surface area contributed by atoms with Crippen LogP contribution in [0.15, 0.2) is 27.4 Å². The van der Waals surface area contributed by atoms with E-state index in [-0.39, 0.29) is 43.5 Å². The molecule has 0 radical (unpaired) electrons. The maximum Gasteiger partial charge on any atom is 0.417 e. The number of benzene rings is 1. The zero-order chi connectivity index (χ0) is 15.7. The Hall–Kier alpha value is -2.90. The predicted molar refractivity (Wildman–Crippen MR) is 76.0 cm³/mol. The van der Waals surface area contributed by atoms with Crippen LogP contribution in [0.4, 0.5) is 5.69 Å². The highest BCUT2D eigenvalue weighted by Gasteiger charge is 2.28. The van der Waals surface area contributed by atoms with Crippen LogP contribution in [-0.4, -0.2) is 34.2 Å². The number of imide groups is 1. The van der Waals surface area contributed by atoms with Crippen molar-refractivity contribution in [3.05, 3.63) is 28.7 Å². The molecule has 2 aromatic rings. The Labute approximate surface area is 124 Å². The summed E-state index contributed by atoms with van der Waals surface area (Å²) in [6.07, 6.45) is 0.452. The van der Waals surface area contributed by atoms with E-state index in [1.165, 1.54) is 0 Å². The summed E-state index contributed by atoms with van der Waals surface area (Å²) in [5.41, 5.74) is 1.37. The van der Waals surface area contributed by atoms with E-state index in [1.807, 2.05) is 0 Å². The molecule has 114 valence electrons. The highest BCUT2D eigenvalue weighted by molar-refractivity contribution is 6.02. The first-order valence-electron chi connectivity index (χ1n) is 6.79. The Balaban J connectivity index is 1.61. The second-order valence-electron chi connectivity index (χ2n) is 4.96. The molecule has 2 heterocycles. The normalized spacial score (nSPS) is 14.8. The minimum Gasteiger partial charge on any atom is -0.408 e. The maximum atomic E-state index is 11.9. The molecule has 0 bridgehead atoms. The van der Waals surface area contributed by atoms with Gasteiger partial charge in [-0.1, -0.05) is 0 Å². The second kappa shape index (κ2) is 5.47. The fraction of sp³-hybridized carbons (Fsp3) is 0.286. The third-order valence-corrected chi connectivity index (χ3v) is 3.42. The van der Waals surface area contributed by atoms with Crippen molar-refractivity contribution in [2.24, 2.45) is 0 Å². The van der Waals surface area contributed by atoms with E-state index in [2.05, 4.69) is 10.3 Å². The number of hydrogen-bond donors (Lipinski definition) is 2. The first-order valence-corrected chi connectivity index (χ1v) is 6.79. The van der Waals surface area contributed by atoms with E-state index in [9.17, 15) is 19.2 Å². The molecule has 8 nitrogen and oxygen atoms in total. The van der Waals surface area contributed by atoms with Gasteiger partial charge < -0.3 is 9.73 Å². The number of anilines is 1. The van der Waals surface area contributed by atoms with Gasteiger partial charge >= 0.3 is 5.76 Å². The average Bonchev–Trinajstić information content (AvgIpc) is 2.98. The Morgan fingerprint density at radius 3 is 2.68 bits per heavy atom. The number of fused-ring (bicyclic) bond motifs is 1. The molecule has 1 aromatic carbocycles. The Morgan fingerprint density at radius 1 is 1.23 bits per heavy atom. The van der Waals surface area contributed by atoms with Crippen molar-refractivity contribution in [2.45, 2.75) is 19.3 Å². The predicted octanol–water partition coefficient (Wildman–Crippen LogP) is 0.599. The number of amides is 3. The topological polar surface area (TPSA) is 112 Å². The van der Waals surface area contributed by atoms with E-state index >= 15 is 0 Å². The van der Waals surface area contributed by atoms with E-state index in [0.29, 0.717) is 16.8 Å². The molecule has 0 unspecified atom stereocenters. The van der Waals surface area contributed by atoms with Gasteiger partial charge in [-0.25, -0.2) is 4.79 Å².